The summed E-state index contributed by atoms with van der Waals surface area (Å²) in [6, 6.07) is 0.119. The average molecular weight is 238 g/mol. The lowest BCUT2D eigenvalue weighted by atomic mass is 9.94. The summed E-state index contributed by atoms with van der Waals surface area (Å²) in [5.41, 5.74) is 6.13. The molecule has 0 aliphatic carbocycles. The van der Waals surface area contributed by atoms with Crippen LogP contribution in [0.5, 0.6) is 0 Å². The standard InChI is InChI=1S/C11H18N4O2/c1-11(2)5-7(3-4-17-11)14-10(16)9-8(12)6-13-15-9/h6-7H,3-5,12H2,1-2H3,(H,13,15)(H,14,16). The molecule has 1 aliphatic heterocycles. The Morgan fingerprint density at radius 1 is 1.71 bits per heavy atom. The second-order valence-electron chi connectivity index (χ2n) is 4.97. The van der Waals surface area contributed by atoms with Crippen LogP contribution in [0.1, 0.15) is 37.2 Å². The number of rotatable bonds is 2. The fourth-order valence-corrected chi connectivity index (χ4v) is 2.09. The summed E-state index contributed by atoms with van der Waals surface area (Å²) in [4.78, 5) is 11.9. The maximum Gasteiger partial charge on any atom is 0.271 e. The van der Waals surface area contributed by atoms with Crippen LogP contribution < -0.4 is 11.1 Å². The number of nitrogen functional groups attached to an aromatic ring is 1. The molecule has 0 aromatic carbocycles. The minimum absolute atomic E-state index is 0.119. The van der Waals surface area contributed by atoms with E-state index in [9.17, 15) is 4.79 Å². The lowest BCUT2D eigenvalue weighted by Gasteiger charge is -2.35. The van der Waals surface area contributed by atoms with Gasteiger partial charge in [0.2, 0.25) is 0 Å². The van der Waals surface area contributed by atoms with Gasteiger partial charge < -0.3 is 15.8 Å². The van der Waals surface area contributed by atoms with E-state index < -0.39 is 0 Å². The Hall–Kier alpha value is -1.56. The molecular weight excluding hydrogens is 220 g/mol. The zero-order chi connectivity index (χ0) is 12.5. The Labute approximate surface area is 99.9 Å². The molecule has 94 valence electrons. The Balaban J connectivity index is 1.98. The first kappa shape index (κ1) is 11.9. The largest absolute Gasteiger partial charge is 0.396 e. The van der Waals surface area contributed by atoms with Gasteiger partial charge in [-0.3, -0.25) is 9.89 Å². The first-order valence-corrected chi connectivity index (χ1v) is 5.71. The highest BCUT2D eigenvalue weighted by molar-refractivity contribution is 5.97. The Morgan fingerprint density at radius 2 is 2.47 bits per heavy atom. The maximum absolute atomic E-state index is 11.9. The van der Waals surface area contributed by atoms with Crippen molar-refractivity contribution in [1.29, 1.82) is 0 Å². The fourth-order valence-electron chi connectivity index (χ4n) is 2.09. The van der Waals surface area contributed by atoms with Gasteiger partial charge in [-0.25, -0.2) is 0 Å². The first-order chi connectivity index (χ1) is 7.98. The molecule has 1 aromatic rings. The molecule has 1 atom stereocenters. The summed E-state index contributed by atoms with van der Waals surface area (Å²) in [6.07, 6.45) is 3.05. The molecule has 1 saturated heterocycles. The number of hydrogen-bond acceptors (Lipinski definition) is 4. The van der Waals surface area contributed by atoms with Crippen molar-refractivity contribution in [2.45, 2.75) is 38.3 Å². The van der Waals surface area contributed by atoms with Gasteiger partial charge in [0.15, 0.2) is 0 Å². The Kier molecular flexibility index (Phi) is 3.06. The van der Waals surface area contributed by atoms with Crippen molar-refractivity contribution < 1.29 is 9.53 Å². The van der Waals surface area contributed by atoms with Crippen LogP contribution >= 0.6 is 0 Å². The van der Waals surface area contributed by atoms with Crippen LogP contribution in [0.3, 0.4) is 0 Å². The zero-order valence-corrected chi connectivity index (χ0v) is 10.1. The fraction of sp³-hybridized carbons (Fsp3) is 0.636. The summed E-state index contributed by atoms with van der Waals surface area (Å²) in [7, 11) is 0. The third kappa shape index (κ3) is 2.76. The molecule has 1 amide bonds. The van der Waals surface area contributed by atoms with Crippen molar-refractivity contribution in [2.24, 2.45) is 0 Å². The molecule has 6 heteroatoms. The molecule has 2 heterocycles. The van der Waals surface area contributed by atoms with Crippen molar-refractivity contribution in [3.63, 3.8) is 0 Å². The maximum atomic E-state index is 11.9. The minimum atomic E-state index is -0.206. The van der Waals surface area contributed by atoms with Crippen molar-refractivity contribution in [1.82, 2.24) is 15.5 Å². The van der Waals surface area contributed by atoms with Gasteiger partial charge in [0.25, 0.3) is 5.91 Å². The molecule has 1 fully saturated rings. The minimum Gasteiger partial charge on any atom is -0.396 e. The molecule has 0 saturated carbocycles. The predicted molar refractivity (Wildman–Crippen MR) is 63.5 cm³/mol. The number of anilines is 1. The number of nitrogens with two attached hydrogens (primary N) is 1. The number of nitrogens with zero attached hydrogens (tertiary/aromatic N) is 1. The molecule has 6 nitrogen and oxygen atoms in total. The van der Waals surface area contributed by atoms with E-state index >= 15 is 0 Å². The number of ether oxygens (including phenoxy) is 1. The summed E-state index contributed by atoms with van der Waals surface area (Å²) in [6.45, 7) is 4.71. The molecular formula is C11H18N4O2. The molecule has 0 radical (unpaired) electrons. The third-order valence-electron chi connectivity index (χ3n) is 2.93. The van der Waals surface area contributed by atoms with E-state index in [4.69, 9.17) is 10.5 Å². The van der Waals surface area contributed by atoms with E-state index in [0.717, 1.165) is 12.8 Å². The number of amides is 1. The van der Waals surface area contributed by atoms with Crippen molar-refractivity contribution in [3.05, 3.63) is 11.9 Å². The van der Waals surface area contributed by atoms with Gasteiger partial charge in [0, 0.05) is 12.6 Å². The van der Waals surface area contributed by atoms with Crippen molar-refractivity contribution >= 4 is 11.6 Å². The summed E-state index contributed by atoms with van der Waals surface area (Å²) < 4.78 is 5.60. The first-order valence-electron chi connectivity index (χ1n) is 5.71. The third-order valence-corrected chi connectivity index (χ3v) is 2.93. The topological polar surface area (TPSA) is 93.0 Å². The highest BCUT2D eigenvalue weighted by Gasteiger charge is 2.30. The van der Waals surface area contributed by atoms with E-state index in [1.807, 2.05) is 13.8 Å². The van der Waals surface area contributed by atoms with E-state index in [1.54, 1.807) is 0 Å². The van der Waals surface area contributed by atoms with Gasteiger partial charge in [-0.05, 0) is 26.7 Å². The normalized spacial score (nSPS) is 23.3. The second kappa shape index (κ2) is 4.37. The number of carbonyl (C=O) groups excluding carboxylic acids is 1. The number of hydrogen-bond donors (Lipinski definition) is 3. The van der Waals surface area contributed by atoms with Crippen LogP contribution in [0.4, 0.5) is 5.69 Å². The van der Waals surface area contributed by atoms with Gasteiger partial charge in [-0.15, -0.1) is 0 Å². The lowest BCUT2D eigenvalue weighted by Crippen LogP contribution is -2.46. The summed E-state index contributed by atoms with van der Waals surface area (Å²) >= 11 is 0. The molecule has 0 spiro atoms. The molecule has 17 heavy (non-hydrogen) atoms. The van der Waals surface area contributed by atoms with Gasteiger partial charge in [-0.1, -0.05) is 0 Å². The summed E-state index contributed by atoms with van der Waals surface area (Å²) in [5.74, 6) is -0.206. The Morgan fingerprint density at radius 3 is 3.06 bits per heavy atom. The predicted octanol–water partition coefficient (Wildman–Crippen LogP) is 0.679. The number of carbonyl (C=O) groups is 1. The molecule has 4 N–H and O–H groups in total. The van der Waals surface area contributed by atoms with Crippen LogP contribution in [-0.2, 0) is 4.74 Å². The van der Waals surface area contributed by atoms with Crippen LogP contribution in [0.2, 0.25) is 0 Å². The lowest BCUT2D eigenvalue weighted by molar-refractivity contribution is -0.0615. The van der Waals surface area contributed by atoms with Crippen LogP contribution in [-0.4, -0.2) is 34.4 Å². The van der Waals surface area contributed by atoms with E-state index in [2.05, 4.69) is 15.5 Å². The number of aromatic amines is 1. The molecule has 2 rings (SSSR count). The van der Waals surface area contributed by atoms with Crippen LogP contribution in [0.15, 0.2) is 6.20 Å². The van der Waals surface area contributed by atoms with Gasteiger partial charge in [0.1, 0.15) is 5.69 Å². The zero-order valence-electron chi connectivity index (χ0n) is 10.1. The van der Waals surface area contributed by atoms with Gasteiger partial charge in [0.05, 0.1) is 17.5 Å². The number of H-pyrrole nitrogens is 1. The molecule has 1 unspecified atom stereocenters. The smallest absolute Gasteiger partial charge is 0.271 e. The van der Waals surface area contributed by atoms with Gasteiger partial charge >= 0.3 is 0 Å². The van der Waals surface area contributed by atoms with Crippen LogP contribution in [0.25, 0.3) is 0 Å². The van der Waals surface area contributed by atoms with Crippen molar-refractivity contribution in [2.75, 3.05) is 12.3 Å². The SMILES string of the molecule is CC1(C)CC(NC(=O)c2[nH]ncc2N)CCO1. The number of aromatic nitrogens is 2. The van der Waals surface area contributed by atoms with E-state index in [-0.39, 0.29) is 17.6 Å². The van der Waals surface area contributed by atoms with Gasteiger partial charge in [-0.2, -0.15) is 5.10 Å². The molecule has 1 aliphatic rings. The van der Waals surface area contributed by atoms with Crippen LogP contribution in [0, 0.1) is 0 Å². The average Bonchev–Trinajstić information content (AvgIpc) is 2.62. The number of nitrogens with one attached hydrogen (secondary N) is 2. The highest BCUT2D eigenvalue weighted by Crippen LogP contribution is 2.24. The molecule has 1 aromatic heterocycles. The monoisotopic (exact) mass is 238 g/mol. The quantitative estimate of drug-likeness (QED) is 0.706. The van der Waals surface area contributed by atoms with E-state index in [1.165, 1.54) is 6.20 Å². The highest BCUT2D eigenvalue weighted by atomic mass is 16.5. The molecule has 0 bridgehead atoms. The summed E-state index contributed by atoms with van der Waals surface area (Å²) in [5, 5.41) is 9.27. The van der Waals surface area contributed by atoms with E-state index in [0.29, 0.717) is 18.0 Å². The second-order valence-corrected chi connectivity index (χ2v) is 4.97. The van der Waals surface area contributed by atoms with Crippen molar-refractivity contribution in [3.8, 4) is 0 Å². The Bertz CT molecular complexity index is 413.